The van der Waals surface area contributed by atoms with Crippen LogP contribution < -0.4 is 0 Å². The SMILES string of the molecule is CC1CN(C(=O)CSc2nnc(-c3ccc(C(C)(C)C)cc3)n2C2CCCC2)CCO1. The van der Waals surface area contributed by atoms with E-state index in [1.165, 1.54) is 30.2 Å². The maximum absolute atomic E-state index is 12.7. The number of morpholine rings is 1. The third-order valence-electron chi connectivity index (χ3n) is 6.28. The third kappa shape index (κ3) is 5.14. The number of aromatic nitrogens is 3. The summed E-state index contributed by atoms with van der Waals surface area (Å²) in [7, 11) is 0. The fourth-order valence-electron chi connectivity index (χ4n) is 4.45. The van der Waals surface area contributed by atoms with Crippen LogP contribution in [0, 0.1) is 0 Å². The molecular formula is C24H34N4O2S. The zero-order valence-electron chi connectivity index (χ0n) is 19.1. The highest BCUT2D eigenvalue weighted by atomic mass is 32.2. The van der Waals surface area contributed by atoms with Crippen molar-refractivity contribution in [2.75, 3.05) is 25.4 Å². The van der Waals surface area contributed by atoms with Crippen LogP contribution in [0.3, 0.4) is 0 Å². The summed E-state index contributed by atoms with van der Waals surface area (Å²) < 4.78 is 7.85. The molecule has 2 aromatic rings. The minimum Gasteiger partial charge on any atom is -0.375 e. The maximum atomic E-state index is 12.7. The fourth-order valence-corrected chi connectivity index (χ4v) is 5.35. The van der Waals surface area contributed by atoms with E-state index in [-0.39, 0.29) is 17.4 Å². The van der Waals surface area contributed by atoms with Crippen molar-refractivity contribution in [3.05, 3.63) is 29.8 Å². The number of hydrogen-bond acceptors (Lipinski definition) is 5. The Morgan fingerprint density at radius 3 is 2.52 bits per heavy atom. The average molecular weight is 443 g/mol. The van der Waals surface area contributed by atoms with Crippen LogP contribution in [0.25, 0.3) is 11.4 Å². The van der Waals surface area contributed by atoms with E-state index in [1.54, 1.807) is 0 Å². The second kappa shape index (κ2) is 9.33. The van der Waals surface area contributed by atoms with Crippen molar-refractivity contribution in [3.8, 4) is 11.4 Å². The van der Waals surface area contributed by atoms with Gasteiger partial charge < -0.3 is 9.64 Å². The lowest BCUT2D eigenvalue weighted by atomic mass is 9.86. The molecule has 0 N–H and O–H groups in total. The first-order chi connectivity index (χ1) is 14.8. The van der Waals surface area contributed by atoms with Gasteiger partial charge in [0.25, 0.3) is 0 Å². The molecule has 1 amide bonds. The van der Waals surface area contributed by atoms with Crippen LogP contribution in [0.2, 0.25) is 0 Å². The van der Waals surface area contributed by atoms with E-state index in [2.05, 4.69) is 59.8 Å². The summed E-state index contributed by atoms with van der Waals surface area (Å²) in [6, 6.07) is 9.11. The van der Waals surface area contributed by atoms with E-state index in [1.807, 2.05) is 11.8 Å². The second-order valence-corrected chi connectivity index (χ2v) is 10.7. The van der Waals surface area contributed by atoms with Crippen LogP contribution in [0.4, 0.5) is 0 Å². The third-order valence-corrected chi connectivity index (χ3v) is 7.21. The van der Waals surface area contributed by atoms with Crippen LogP contribution in [0.5, 0.6) is 0 Å². The van der Waals surface area contributed by atoms with Crippen LogP contribution >= 0.6 is 11.8 Å². The van der Waals surface area contributed by atoms with Gasteiger partial charge in [0.05, 0.1) is 18.5 Å². The number of nitrogens with zero attached hydrogens (tertiary/aromatic N) is 4. The molecule has 2 aliphatic rings. The quantitative estimate of drug-likeness (QED) is 0.628. The smallest absolute Gasteiger partial charge is 0.233 e. The monoisotopic (exact) mass is 442 g/mol. The summed E-state index contributed by atoms with van der Waals surface area (Å²) in [6.07, 6.45) is 4.87. The summed E-state index contributed by atoms with van der Waals surface area (Å²) in [5, 5.41) is 9.95. The van der Waals surface area contributed by atoms with E-state index in [0.717, 1.165) is 29.4 Å². The molecule has 1 aliphatic heterocycles. The van der Waals surface area contributed by atoms with Gasteiger partial charge in [-0.1, -0.05) is 69.6 Å². The Morgan fingerprint density at radius 2 is 1.87 bits per heavy atom. The molecule has 2 fully saturated rings. The van der Waals surface area contributed by atoms with Crippen molar-refractivity contribution in [3.63, 3.8) is 0 Å². The topological polar surface area (TPSA) is 60.2 Å². The molecule has 0 radical (unpaired) electrons. The summed E-state index contributed by atoms with van der Waals surface area (Å²) in [5.41, 5.74) is 2.52. The lowest BCUT2D eigenvalue weighted by Crippen LogP contribution is -2.45. The number of ether oxygens (including phenoxy) is 1. The number of amides is 1. The van der Waals surface area contributed by atoms with Gasteiger partial charge in [0, 0.05) is 24.7 Å². The Kier molecular flexibility index (Phi) is 6.72. The molecule has 1 saturated carbocycles. The van der Waals surface area contributed by atoms with E-state index in [4.69, 9.17) is 4.74 Å². The van der Waals surface area contributed by atoms with Gasteiger partial charge in [-0.05, 0) is 30.7 Å². The van der Waals surface area contributed by atoms with Gasteiger partial charge in [0.15, 0.2) is 11.0 Å². The van der Waals surface area contributed by atoms with Crippen molar-refractivity contribution in [1.29, 1.82) is 0 Å². The number of thioether (sulfide) groups is 1. The summed E-state index contributed by atoms with van der Waals surface area (Å²) in [6.45, 7) is 10.6. The molecular weight excluding hydrogens is 408 g/mol. The van der Waals surface area contributed by atoms with Crippen LogP contribution in [-0.4, -0.2) is 57.1 Å². The van der Waals surface area contributed by atoms with Gasteiger partial charge in [-0.15, -0.1) is 10.2 Å². The first-order valence-electron chi connectivity index (χ1n) is 11.4. The lowest BCUT2D eigenvalue weighted by molar-refractivity contribution is -0.135. The number of rotatable bonds is 5. The Bertz CT molecular complexity index is 897. The van der Waals surface area contributed by atoms with Gasteiger partial charge in [0.1, 0.15) is 0 Å². The summed E-state index contributed by atoms with van der Waals surface area (Å²) in [5.74, 6) is 1.46. The second-order valence-electron chi connectivity index (χ2n) is 9.75. The first kappa shape index (κ1) is 22.3. The average Bonchev–Trinajstić information content (AvgIpc) is 3.41. The van der Waals surface area contributed by atoms with Gasteiger partial charge >= 0.3 is 0 Å². The Hall–Kier alpha value is -1.86. The van der Waals surface area contributed by atoms with E-state index >= 15 is 0 Å². The molecule has 4 rings (SSSR count). The van der Waals surface area contributed by atoms with Gasteiger partial charge in [0.2, 0.25) is 5.91 Å². The highest BCUT2D eigenvalue weighted by Crippen LogP contribution is 2.37. The van der Waals surface area contributed by atoms with Crippen LogP contribution in [0.15, 0.2) is 29.4 Å². The number of carbonyl (C=O) groups is 1. The molecule has 1 aromatic heterocycles. The fraction of sp³-hybridized carbons (Fsp3) is 0.625. The Morgan fingerprint density at radius 1 is 1.16 bits per heavy atom. The minimum atomic E-state index is 0.104. The molecule has 2 heterocycles. The van der Waals surface area contributed by atoms with Crippen molar-refractivity contribution >= 4 is 17.7 Å². The molecule has 1 aromatic carbocycles. The van der Waals surface area contributed by atoms with Gasteiger partial charge in [-0.2, -0.15) is 0 Å². The molecule has 0 spiro atoms. The molecule has 31 heavy (non-hydrogen) atoms. The predicted molar refractivity (Wildman–Crippen MR) is 124 cm³/mol. The molecule has 1 aliphatic carbocycles. The van der Waals surface area contributed by atoms with Crippen molar-refractivity contribution in [1.82, 2.24) is 19.7 Å². The van der Waals surface area contributed by atoms with E-state index in [0.29, 0.717) is 31.5 Å². The molecule has 6 nitrogen and oxygen atoms in total. The number of carbonyl (C=O) groups excluding carboxylic acids is 1. The summed E-state index contributed by atoms with van der Waals surface area (Å²) >= 11 is 1.52. The normalized spacial score (nSPS) is 20.4. The summed E-state index contributed by atoms with van der Waals surface area (Å²) in [4.78, 5) is 14.7. The molecule has 1 saturated heterocycles. The standard InChI is InChI=1S/C24H34N4O2S/c1-17-15-27(13-14-30-17)21(29)16-31-23-26-25-22(28(23)20-7-5-6-8-20)18-9-11-19(12-10-18)24(2,3)4/h9-12,17,20H,5-8,13-16H2,1-4H3. The number of hydrogen-bond donors (Lipinski definition) is 0. The molecule has 168 valence electrons. The van der Waals surface area contributed by atoms with Gasteiger partial charge in [-0.25, -0.2) is 0 Å². The van der Waals surface area contributed by atoms with E-state index in [9.17, 15) is 4.79 Å². The zero-order chi connectivity index (χ0) is 22.0. The van der Waals surface area contributed by atoms with Gasteiger partial charge in [-0.3, -0.25) is 9.36 Å². The first-order valence-corrected chi connectivity index (χ1v) is 12.4. The van der Waals surface area contributed by atoms with Crippen molar-refractivity contribution < 1.29 is 9.53 Å². The van der Waals surface area contributed by atoms with Crippen LogP contribution in [0.1, 0.15) is 65.0 Å². The lowest BCUT2D eigenvalue weighted by Gasteiger charge is -2.31. The molecule has 7 heteroatoms. The minimum absolute atomic E-state index is 0.104. The zero-order valence-corrected chi connectivity index (χ0v) is 20.0. The number of benzene rings is 1. The Labute approximate surface area is 189 Å². The molecule has 0 bridgehead atoms. The predicted octanol–water partition coefficient (Wildman–Crippen LogP) is 4.70. The van der Waals surface area contributed by atoms with Crippen LogP contribution in [-0.2, 0) is 14.9 Å². The maximum Gasteiger partial charge on any atom is 0.233 e. The van der Waals surface area contributed by atoms with Crippen molar-refractivity contribution in [2.45, 2.75) is 76.1 Å². The largest absolute Gasteiger partial charge is 0.375 e. The van der Waals surface area contributed by atoms with Crippen molar-refractivity contribution in [2.24, 2.45) is 0 Å². The highest BCUT2D eigenvalue weighted by molar-refractivity contribution is 7.99. The Balaban J connectivity index is 1.54. The molecule has 1 unspecified atom stereocenters. The highest BCUT2D eigenvalue weighted by Gasteiger charge is 2.27. The molecule has 1 atom stereocenters. The van der Waals surface area contributed by atoms with E-state index < -0.39 is 0 Å².